The number of amides is 1. The van der Waals surface area contributed by atoms with Crippen molar-refractivity contribution in [3.63, 3.8) is 0 Å². The number of nitrogens with one attached hydrogen (secondary N) is 1. The van der Waals surface area contributed by atoms with Crippen molar-refractivity contribution >= 4 is 45.7 Å². The van der Waals surface area contributed by atoms with E-state index in [0.29, 0.717) is 36.0 Å². The summed E-state index contributed by atoms with van der Waals surface area (Å²) in [6.07, 6.45) is 1.07. The Hall–Kier alpha value is -3.15. The van der Waals surface area contributed by atoms with Gasteiger partial charge in [0.1, 0.15) is 5.75 Å². The molecule has 0 radical (unpaired) electrons. The lowest BCUT2D eigenvalue weighted by molar-refractivity contribution is -0.131. The van der Waals surface area contributed by atoms with Gasteiger partial charge in [0, 0.05) is 59.2 Å². The molecule has 1 amide bonds. The smallest absolute Gasteiger partial charge is 0.223 e. The average Bonchev–Trinajstić information content (AvgIpc) is 3.25. The second-order valence-electron chi connectivity index (χ2n) is 8.72. The Morgan fingerprint density at radius 3 is 2.40 bits per heavy atom. The molecule has 4 aromatic rings. The van der Waals surface area contributed by atoms with Crippen LogP contribution in [0, 0.1) is 0 Å². The second kappa shape index (κ2) is 10.2. The van der Waals surface area contributed by atoms with E-state index in [0.717, 1.165) is 52.3 Å². The van der Waals surface area contributed by atoms with Crippen LogP contribution in [0.25, 0.3) is 22.2 Å². The molecular weight excluding hydrogens is 481 g/mol. The lowest BCUT2D eigenvalue weighted by Gasteiger charge is -2.36. The first-order valence-corrected chi connectivity index (χ1v) is 12.5. The predicted molar refractivity (Wildman–Crippen MR) is 144 cm³/mol. The maximum absolute atomic E-state index is 13.2. The Labute approximate surface area is 215 Å². The number of fused-ring (bicyclic) bond motifs is 1. The van der Waals surface area contributed by atoms with Crippen LogP contribution in [-0.2, 0) is 11.2 Å². The molecule has 180 valence electrons. The number of anilines is 1. The number of para-hydroxylation sites is 2. The Morgan fingerprint density at radius 2 is 1.66 bits per heavy atom. The number of rotatable bonds is 6. The highest BCUT2D eigenvalue weighted by Gasteiger charge is 2.23. The molecule has 0 atom stereocenters. The second-order valence-corrected chi connectivity index (χ2v) is 9.59. The van der Waals surface area contributed by atoms with Crippen LogP contribution < -0.4 is 9.64 Å². The third-order valence-electron chi connectivity index (χ3n) is 6.65. The van der Waals surface area contributed by atoms with Crippen LogP contribution in [0.15, 0.2) is 66.7 Å². The topological polar surface area (TPSA) is 48.6 Å². The third-order valence-corrected chi connectivity index (χ3v) is 7.14. The van der Waals surface area contributed by atoms with Crippen LogP contribution in [0.5, 0.6) is 5.75 Å². The molecule has 3 aromatic carbocycles. The van der Waals surface area contributed by atoms with E-state index in [9.17, 15) is 4.79 Å². The summed E-state index contributed by atoms with van der Waals surface area (Å²) in [6, 6.07) is 21.6. The van der Waals surface area contributed by atoms with Crippen molar-refractivity contribution in [1.29, 1.82) is 0 Å². The van der Waals surface area contributed by atoms with Crippen LogP contribution >= 0.6 is 23.2 Å². The number of nitrogens with zero attached hydrogens (tertiary/aromatic N) is 2. The first-order valence-electron chi connectivity index (χ1n) is 11.8. The van der Waals surface area contributed by atoms with Gasteiger partial charge in [-0.05, 0) is 60.0 Å². The Bertz CT molecular complexity index is 1340. The highest BCUT2D eigenvalue weighted by Crippen LogP contribution is 2.34. The van der Waals surface area contributed by atoms with E-state index in [1.807, 2.05) is 65.6 Å². The zero-order chi connectivity index (χ0) is 24.4. The van der Waals surface area contributed by atoms with Crippen molar-refractivity contribution < 1.29 is 9.53 Å². The van der Waals surface area contributed by atoms with Crippen LogP contribution in [0.1, 0.15) is 12.0 Å². The van der Waals surface area contributed by atoms with E-state index in [1.165, 1.54) is 0 Å². The average molecular weight is 508 g/mol. The standard InChI is InChI=1S/C28H27Cl2N3O2/c1-35-26-5-3-2-4-25(26)32-14-16-33(17-15-32)27(34)13-11-22-23-18-21(30)10-12-24(23)31-28(22)19-6-8-20(29)9-7-19/h2-10,12,18,31H,11,13-17H2,1H3. The van der Waals surface area contributed by atoms with E-state index in [4.69, 9.17) is 27.9 Å². The molecule has 1 fully saturated rings. The fraction of sp³-hybridized carbons (Fsp3) is 0.250. The molecule has 0 aliphatic carbocycles. The Balaban J connectivity index is 1.30. The molecule has 1 saturated heterocycles. The molecule has 0 unspecified atom stereocenters. The number of benzene rings is 3. The number of methoxy groups -OCH3 is 1. The zero-order valence-corrected chi connectivity index (χ0v) is 21.1. The lowest BCUT2D eigenvalue weighted by Crippen LogP contribution is -2.48. The molecule has 35 heavy (non-hydrogen) atoms. The molecule has 1 aromatic heterocycles. The first kappa shape index (κ1) is 23.6. The fourth-order valence-corrected chi connectivity index (χ4v) is 5.12. The number of ether oxygens (including phenoxy) is 1. The van der Waals surface area contributed by atoms with Crippen molar-refractivity contribution in [2.45, 2.75) is 12.8 Å². The van der Waals surface area contributed by atoms with Crippen molar-refractivity contribution in [2.75, 3.05) is 38.2 Å². The Kier molecular flexibility index (Phi) is 6.89. The maximum atomic E-state index is 13.2. The molecule has 1 aliphatic heterocycles. The van der Waals surface area contributed by atoms with Gasteiger partial charge in [0.2, 0.25) is 5.91 Å². The lowest BCUT2D eigenvalue weighted by atomic mass is 10.0. The molecule has 0 spiro atoms. The van der Waals surface area contributed by atoms with E-state index in [-0.39, 0.29) is 5.91 Å². The number of aromatic amines is 1. The summed E-state index contributed by atoms with van der Waals surface area (Å²) in [6.45, 7) is 2.96. The summed E-state index contributed by atoms with van der Waals surface area (Å²) in [5, 5.41) is 2.42. The highest BCUT2D eigenvalue weighted by atomic mass is 35.5. The van der Waals surface area contributed by atoms with E-state index < -0.39 is 0 Å². The number of hydrogen-bond acceptors (Lipinski definition) is 3. The summed E-state index contributed by atoms with van der Waals surface area (Å²) in [7, 11) is 1.69. The molecule has 5 nitrogen and oxygen atoms in total. The van der Waals surface area contributed by atoms with Gasteiger partial charge in [-0.2, -0.15) is 0 Å². The van der Waals surface area contributed by atoms with Gasteiger partial charge in [-0.15, -0.1) is 0 Å². The number of carbonyl (C=O) groups excluding carboxylic acids is 1. The first-order chi connectivity index (χ1) is 17.0. The summed E-state index contributed by atoms with van der Waals surface area (Å²) in [4.78, 5) is 21.0. The van der Waals surface area contributed by atoms with Gasteiger partial charge in [-0.1, -0.05) is 47.5 Å². The third kappa shape index (κ3) is 4.97. The predicted octanol–water partition coefficient (Wildman–Crippen LogP) is 6.43. The molecule has 5 rings (SSSR count). The number of hydrogen-bond donors (Lipinski definition) is 1. The molecule has 7 heteroatoms. The minimum Gasteiger partial charge on any atom is -0.495 e. The van der Waals surface area contributed by atoms with E-state index in [2.05, 4.69) is 16.0 Å². The van der Waals surface area contributed by atoms with Crippen LogP contribution in [-0.4, -0.2) is 49.1 Å². The number of H-pyrrole nitrogens is 1. The summed E-state index contributed by atoms with van der Waals surface area (Å²) >= 11 is 12.4. The van der Waals surface area contributed by atoms with Gasteiger partial charge >= 0.3 is 0 Å². The highest BCUT2D eigenvalue weighted by molar-refractivity contribution is 6.31. The van der Waals surface area contributed by atoms with Gasteiger partial charge in [0.15, 0.2) is 0 Å². The van der Waals surface area contributed by atoms with Crippen LogP contribution in [0.2, 0.25) is 10.0 Å². The Morgan fingerprint density at radius 1 is 0.943 bits per heavy atom. The number of piperazine rings is 1. The normalized spacial score (nSPS) is 13.9. The number of aromatic nitrogens is 1. The van der Waals surface area contributed by atoms with Crippen molar-refractivity contribution in [3.05, 3.63) is 82.3 Å². The van der Waals surface area contributed by atoms with Crippen LogP contribution in [0.4, 0.5) is 5.69 Å². The number of aryl methyl sites for hydroxylation is 1. The number of halogens is 2. The van der Waals surface area contributed by atoms with Gasteiger partial charge in [-0.3, -0.25) is 4.79 Å². The fourth-order valence-electron chi connectivity index (χ4n) is 4.82. The summed E-state index contributed by atoms with van der Waals surface area (Å²) in [5.41, 5.74) is 5.23. The molecule has 2 heterocycles. The van der Waals surface area contributed by atoms with Gasteiger partial charge in [0.05, 0.1) is 12.8 Å². The maximum Gasteiger partial charge on any atom is 0.223 e. The monoisotopic (exact) mass is 507 g/mol. The quantitative estimate of drug-likeness (QED) is 0.327. The van der Waals surface area contributed by atoms with Gasteiger partial charge < -0.3 is 19.5 Å². The van der Waals surface area contributed by atoms with Crippen molar-refractivity contribution in [1.82, 2.24) is 9.88 Å². The van der Waals surface area contributed by atoms with E-state index in [1.54, 1.807) is 7.11 Å². The van der Waals surface area contributed by atoms with Gasteiger partial charge in [-0.25, -0.2) is 0 Å². The van der Waals surface area contributed by atoms with Crippen molar-refractivity contribution in [2.24, 2.45) is 0 Å². The molecule has 0 bridgehead atoms. The van der Waals surface area contributed by atoms with Crippen molar-refractivity contribution in [3.8, 4) is 17.0 Å². The van der Waals surface area contributed by atoms with E-state index >= 15 is 0 Å². The van der Waals surface area contributed by atoms with Gasteiger partial charge in [0.25, 0.3) is 0 Å². The molecular formula is C28H27Cl2N3O2. The number of carbonyl (C=O) groups is 1. The molecule has 0 saturated carbocycles. The summed E-state index contributed by atoms with van der Waals surface area (Å²) in [5.74, 6) is 1.03. The molecule has 1 N–H and O–H groups in total. The SMILES string of the molecule is COc1ccccc1N1CCN(C(=O)CCc2c(-c3ccc(Cl)cc3)[nH]c3ccc(Cl)cc23)CC1. The summed E-state index contributed by atoms with van der Waals surface area (Å²) < 4.78 is 5.51. The van der Waals surface area contributed by atoms with Crippen LogP contribution in [0.3, 0.4) is 0 Å². The molecule has 1 aliphatic rings. The minimum absolute atomic E-state index is 0.170. The minimum atomic E-state index is 0.170. The zero-order valence-electron chi connectivity index (χ0n) is 19.6. The largest absolute Gasteiger partial charge is 0.495 e.